The minimum absolute atomic E-state index is 0.670. The smallest absolute Gasteiger partial charge is 0.227 e. The van der Waals surface area contributed by atoms with Gasteiger partial charge in [-0.1, -0.05) is 11.2 Å². The third-order valence-corrected chi connectivity index (χ3v) is 3.53. The molecule has 0 unspecified atom stereocenters. The van der Waals surface area contributed by atoms with Gasteiger partial charge >= 0.3 is 0 Å². The molecule has 0 saturated heterocycles. The van der Waals surface area contributed by atoms with E-state index in [0.29, 0.717) is 6.54 Å². The fourth-order valence-electron chi connectivity index (χ4n) is 1.96. The van der Waals surface area contributed by atoms with Gasteiger partial charge in [0, 0.05) is 6.08 Å². The number of rotatable bonds is 3. The molecule has 0 spiro atoms. The molecule has 1 aromatic heterocycles. The predicted octanol–water partition coefficient (Wildman–Crippen LogP) is 2.94. The second-order valence-electron chi connectivity index (χ2n) is 4.13. The third-order valence-electron chi connectivity index (χ3n) is 2.91. The summed E-state index contributed by atoms with van der Waals surface area (Å²) in [6, 6.07) is 5.99. The van der Waals surface area contributed by atoms with E-state index < -0.39 is 0 Å². The summed E-state index contributed by atoms with van der Waals surface area (Å²) in [5.41, 5.74) is 2.99. The zero-order chi connectivity index (χ0) is 13.2. The van der Waals surface area contributed by atoms with Crippen LogP contribution in [0.15, 0.2) is 28.7 Å². The van der Waals surface area contributed by atoms with Gasteiger partial charge < -0.3 is 4.74 Å². The van der Waals surface area contributed by atoms with Crippen LogP contribution in [0.5, 0.6) is 5.75 Å². The molecule has 0 bridgehead atoms. The summed E-state index contributed by atoms with van der Waals surface area (Å²) in [5.74, 6) is 0.821. The largest absolute Gasteiger partial charge is 0.496 e. The van der Waals surface area contributed by atoms with Gasteiger partial charge in [0.05, 0.1) is 24.2 Å². The Morgan fingerprint density at radius 2 is 2.32 bits per heavy atom. The minimum Gasteiger partial charge on any atom is -0.496 e. The predicted molar refractivity (Wildman–Crippen MR) is 76.6 cm³/mol. The number of hydrogen-bond acceptors (Lipinski definition) is 3. The van der Waals surface area contributed by atoms with Crippen molar-refractivity contribution in [2.75, 3.05) is 7.11 Å². The van der Waals surface area contributed by atoms with Gasteiger partial charge in [0.1, 0.15) is 17.9 Å². The maximum absolute atomic E-state index is 5.22. The molecule has 0 radical (unpaired) electrons. The number of allylic oxidation sites excluding steroid dienone is 2. The Bertz CT molecular complexity index is 673. The second-order valence-corrected chi connectivity index (χ2v) is 4.99. The van der Waals surface area contributed by atoms with Gasteiger partial charge in [-0.25, -0.2) is 4.68 Å². The topological polar surface area (TPSA) is 39.9 Å². The van der Waals surface area contributed by atoms with E-state index in [1.165, 1.54) is 0 Å². The number of hydrogen-bond donors (Lipinski definition) is 0. The Morgan fingerprint density at radius 3 is 3.11 bits per heavy atom. The molecule has 1 heterocycles. The normalized spacial score (nSPS) is 12.1. The maximum Gasteiger partial charge on any atom is 0.227 e. The Morgan fingerprint density at radius 1 is 1.42 bits per heavy atom. The van der Waals surface area contributed by atoms with E-state index in [0.717, 1.165) is 27.2 Å². The second kappa shape index (κ2) is 4.96. The summed E-state index contributed by atoms with van der Waals surface area (Å²) >= 11 is 3.49. The highest BCUT2D eigenvalue weighted by atomic mass is 79.9. The maximum atomic E-state index is 5.22. The number of halogens is 1. The van der Waals surface area contributed by atoms with E-state index in [4.69, 9.17) is 4.74 Å². The molecule has 0 atom stereocenters. The van der Waals surface area contributed by atoms with E-state index in [1.807, 2.05) is 41.1 Å². The average Bonchev–Trinajstić information content (AvgIpc) is 2.83. The number of aromatic nitrogens is 3. The molecule has 1 aromatic carbocycles. The number of methoxy groups -OCH3 is 1. The van der Waals surface area contributed by atoms with Crippen molar-refractivity contribution in [1.82, 2.24) is 15.0 Å². The number of nitrogens with zero attached hydrogens (tertiary/aromatic N) is 3. The Kier molecular flexibility index (Phi) is 3.15. The third kappa shape index (κ3) is 2.30. The van der Waals surface area contributed by atoms with Gasteiger partial charge in [-0.05, 0) is 38.8 Å². The van der Waals surface area contributed by atoms with Crippen molar-refractivity contribution in [3.63, 3.8) is 0 Å². The van der Waals surface area contributed by atoms with Gasteiger partial charge in [-0.15, -0.1) is 0 Å². The monoisotopic (exact) mass is 316 g/mol. The van der Waals surface area contributed by atoms with Gasteiger partial charge in [-0.3, -0.25) is 0 Å². The van der Waals surface area contributed by atoms with Crippen molar-refractivity contribution in [2.24, 2.45) is 0 Å². The zero-order valence-corrected chi connectivity index (χ0v) is 11.9. The molecule has 94 valence electrons. The van der Waals surface area contributed by atoms with Crippen LogP contribution in [0.25, 0.3) is 12.2 Å². The lowest BCUT2D eigenvalue weighted by Gasteiger charge is -2.06. The van der Waals surface area contributed by atoms with Crippen LogP contribution in [0.2, 0.25) is 0 Å². The van der Waals surface area contributed by atoms with Crippen molar-refractivity contribution in [2.45, 2.75) is 6.54 Å². The molecule has 0 amide bonds. The highest BCUT2D eigenvalue weighted by molar-refractivity contribution is 9.10. The van der Waals surface area contributed by atoms with Crippen molar-refractivity contribution in [3.05, 3.63) is 51.8 Å². The summed E-state index contributed by atoms with van der Waals surface area (Å²) in [6.45, 7) is 0.670. The van der Waals surface area contributed by atoms with Crippen LogP contribution in [0, 0.1) is 6.08 Å². The lowest BCUT2D eigenvalue weighted by atomic mass is 10.2. The first-order valence-electron chi connectivity index (χ1n) is 5.79. The molecule has 19 heavy (non-hydrogen) atoms. The van der Waals surface area contributed by atoms with Crippen LogP contribution in [-0.2, 0) is 6.54 Å². The molecule has 1 aliphatic rings. The Hall–Kier alpha value is -1.97. The summed E-state index contributed by atoms with van der Waals surface area (Å²) in [7, 11) is 1.65. The lowest BCUT2D eigenvalue weighted by molar-refractivity contribution is 0.412. The standard InChI is InChI=1S/C14H11BrN3O/c1-19-14-7-6-10(8-11(14)15)9-18-13-5-3-2-4-12(13)16-17-18/h3-8H,9H2,1H3/q+1. The van der Waals surface area contributed by atoms with E-state index >= 15 is 0 Å². The average molecular weight is 317 g/mol. The van der Waals surface area contributed by atoms with Crippen LogP contribution in [0.1, 0.15) is 17.0 Å². The SMILES string of the molecule is COc1ccc(Cn2nnc3c2C=C[C+]=C3)cc1Br. The van der Waals surface area contributed by atoms with Crippen LogP contribution in [0.4, 0.5) is 0 Å². The molecule has 4 nitrogen and oxygen atoms in total. The first-order chi connectivity index (χ1) is 9.28. The van der Waals surface area contributed by atoms with E-state index in [1.54, 1.807) is 7.11 Å². The zero-order valence-electron chi connectivity index (χ0n) is 10.3. The Balaban J connectivity index is 1.90. The molecular weight excluding hydrogens is 306 g/mol. The fraction of sp³-hybridized carbons (Fsp3) is 0.143. The van der Waals surface area contributed by atoms with Crippen LogP contribution in [-0.4, -0.2) is 22.1 Å². The van der Waals surface area contributed by atoms with E-state index in [9.17, 15) is 0 Å². The summed E-state index contributed by atoms with van der Waals surface area (Å²) in [4.78, 5) is 0. The van der Waals surface area contributed by atoms with Gasteiger partial charge in [-0.2, -0.15) is 0 Å². The molecule has 0 aliphatic heterocycles. The summed E-state index contributed by atoms with van der Waals surface area (Å²) < 4.78 is 8.03. The summed E-state index contributed by atoms with van der Waals surface area (Å²) in [6.07, 6.45) is 8.67. The highest BCUT2D eigenvalue weighted by Gasteiger charge is 2.18. The number of fused-ring (bicyclic) bond motifs is 1. The summed E-state index contributed by atoms with van der Waals surface area (Å²) in [5, 5.41) is 8.28. The molecule has 0 saturated carbocycles. The first-order valence-corrected chi connectivity index (χ1v) is 6.59. The Labute approximate surface area is 119 Å². The molecule has 0 N–H and O–H groups in total. The van der Waals surface area contributed by atoms with E-state index in [2.05, 4.69) is 32.3 Å². The number of ether oxygens (including phenoxy) is 1. The van der Waals surface area contributed by atoms with Crippen molar-refractivity contribution in [3.8, 4) is 5.75 Å². The molecule has 1 aliphatic carbocycles. The molecular formula is C14H11BrN3O+. The fourth-order valence-corrected chi connectivity index (χ4v) is 2.55. The van der Waals surface area contributed by atoms with Crippen molar-refractivity contribution >= 4 is 28.1 Å². The molecule has 5 heteroatoms. The number of benzene rings is 1. The molecule has 2 aromatic rings. The minimum atomic E-state index is 0.670. The van der Waals surface area contributed by atoms with Crippen molar-refractivity contribution in [1.29, 1.82) is 0 Å². The van der Waals surface area contributed by atoms with E-state index in [-0.39, 0.29) is 0 Å². The van der Waals surface area contributed by atoms with Crippen LogP contribution < -0.4 is 4.74 Å². The highest BCUT2D eigenvalue weighted by Crippen LogP contribution is 2.26. The lowest BCUT2D eigenvalue weighted by Crippen LogP contribution is -2.05. The molecule has 3 rings (SSSR count). The van der Waals surface area contributed by atoms with Gasteiger partial charge in [0.2, 0.25) is 11.4 Å². The van der Waals surface area contributed by atoms with Gasteiger partial charge in [0.15, 0.2) is 0 Å². The first kappa shape index (κ1) is 12.1. The quantitative estimate of drug-likeness (QED) is 0.817. The van der Waals surface area contributed by atoms with Crippen molar-refractivity contribution < 1.29 is 4.74 Å². The van der Waals surface area contributed by atoms with Gasteiger partial charge in [0.25, 0.3) is 0 Å². The molecule has 0 fully saturated rings. The van der Waals surface area contributed by atoms with Crippen LogP contribution >= 0.6 is 15.9 Å². The van der Waals surface area contributed by atoms with Crippen LogP contribution in [0.3, 0.4) is 0 Å².